The lowest BCUT2D eigenvalue weighted by Gasteiger charge is -2.03. The highest BCUT2D eigenvalue weighted by molar-refractivity contribution is 5.37. The summed E-state index contributed by atoms with van der Waals surface area (Å²) < 4.78 is 23.6. The molecular weight excluding hydrogens is 269 g/mol. The van der Waals surface area contributed by atoms with Gasteiger partial charge in [-0.25, -0.2) is 4.39 Å². The number of benzene rings is 1. The predicted molar refractivity (Wildman–Crippen MR) is 65.8 cm³/mol. The van der Waals surface area contributed by atoms with E-state index in [4.69, 9.17) is 9.26 Å². The molecule has 0 aliphatic heterocycles. The zero-order valence-corrected chi connectivity index (χ0v) is 10.9. The summed E-state index contributed by atoms with van der Waals surface area (Å²) in [6.45, 7) is 3.71. The lowest BCUT2D eigenvalue weighted by atomic mass is 10.2. The maximum Gasteiger partial charge on any atom is 0.272 e. The van der Waals surface area contributed by atoms with Gasteiger partial charge in [-0.3, -0.25) is 10.1 Å². The Labute approximate surface area is 113 Å². The lowest BCUT2D eigenvalue weighted by Crippen LogP contribution is -1.99. The van der Waals surface area contributed by atoms with Crippen molar-refractivity contribution in [3.05, 3.63) is 45.8 Å². The number of nitrogens with zero attached hydrogens (tertiary/aromatic N) is 3. The van der Waals surface area contributed by atoms with Crippen LogP contribution in [0.2, 0.25) is 0 Å². The second kappa shape index (κ2) is 5.64. The van der Waals surface area contributed by atoms with Crippen LogP contribution in [0.15, 0.2) is 22.7 Å². The van der Waals surface area contributed by atoms with Gasteiger partial charge >= 0.3 is 0 Å². The molecule has 7 nitrogen and oxygen atoms in total. The number of nitro benzene ring substituents is 1. The predicted octanol–water partition coefficient (Wildman–Crippen LogP) is 2.82. The number of ether oxygens (including phenoxy) is 1. The van der Waals surface area contributed by atoms with Gasteiger partial charge in [-0.05, 0) is 6.07 Å². The fourth-order valence-corrected chi connectivity index (χ4v) is 1.42. The summed E-state index contributed by atoms with van der Waals surface area (Å²) in [4.78, 5) is 13.9. The Morgan fingerprint density at radius 2 is 2.25 bits per heavy atom. The Bertz CT molecular complexity index is 627. The number of hydrogen-bond donors (Lipinski definition) is 0. The van der Waals surface area contributed by atoms with Crippen molar-refractivity contribution in [2.45, 2.75) is 26.4 Å². The average Bonchev–Trinajstić information content (AvgIpc) is 2.86. The van der Waals surface area contributed by atoms with Gasteiger partial charge in [0.25, 0.3) is 11.6 Å². The smallest absolute Gasteiger partial charge is 0.272 e. The first-order chi connectivity index (χ1) is 9.47. The molecule has 0 saturated heterocycles. The van der Waals surface area contributed by atoms with E-state index in [0.717, 1.165) is 12.1 Å². The topological polar surface area (TPSA) is 91.3 Å². The Kier molecular flexibility index (Phi) is 3.92. The van der Waals surface area contributed by atoms with E-state index in [-0.39, 0.29) is 29.9 Å². The van der Waals surface area contributed by atoms with E-state index < -0.39 is 10.7 Å². The quantitative estimate of drug-likeness (QED) is 0.618. The molecule has 0 atom stereocenters. The first-order valence-corrected chi connectivity index (χ1v) is 5.86. The fraction of sp³-hybridized carbons (Fsp3) is 0.333. The number of rotatable bonds is 5. The fourth-order valence-electron chi connectivity index (χ4n) is 1.42. The monoisotopic (exact) mass is 281 g/mol. The van der Waals surface area contributed by atoms with Gasteiger partial charge in [0.05, 0.1) is 11.0 Å². The standard InChI is InChI=1S/C12H12FN3O4/c1-7(2)12-14-11(20-15-12)6-19-10-4-3-8(16(17)18)5-9(10)13/h3-5,7H,6H2,1-2H3. The Balaban J connectivity index is 2.05. The maximum absolute atomic E-state index is 13.6. The first kappa shape index (κ1) is 13.9. The van der Waals surface area contributed by atoms with Gasteiger partial charge in [0.2, 0.25) is 0 Å². The minimum atomic E-state index is -0.817. The molecule has 0 saturated carbocycles. The number of hydrogen-bond acceptors (Lipinski definition) is 6. The molecule has 0 aliphatic carbocycles. The van der Waals surface area contributed by atoms with E-state index in [9.17, 15) is 14.5 Å². The van der Waals surface area contributed by atoms with Crippen molar-refractivity contribution in [2.75, 3.05) is 0 Å². The van der Waals surface area contributed by atoms with E-state index in [1.807, 2.05) is 13.8 Å². The van der Waals surface area contributed by atoms with Crippen molar-refractivity contribution < 1.29 is 18.6 Å². The van der Waals surface area contributed by atoms with Crippen molar-refractivity contribution in [3.63, 3.8) is 0 Å². The Morgan fingerprint density at radius 1 is 1.50 bits per heavy atom. The van der Waals surface area contributed by atoms with Crippen LogP contribution in [0, 0.1) is 15.9 Å². The molecule has 20 heavy (non-hydrogen) atoms. The Morgan fingerprint density at radius 3 is 2.80 bits per heavy atom. The molecule has 106 valence electrons. The van der Waals surface area contributed by atoms with E-state index in [2.05, 4.69) is 10.1 Å². The van der Waals surface area contributed by atoms with Crippen molar-refractivity contribution in [1.82, 2.24) is 10.1 Å². The maximum atomic E-state index is 13.6. The van der Waals surface area contributed by atoms with Crippen LogP contribution in [0.1, 0.15) is 31.5 Å². The molecule has 1 aromatic heterocycles. The van der Waals surface area contributed by atoms with Crippen LogP contribution < -0.4 is 4.74 Å². The normalized spacial score (nSPS) is 10.8. The highest BCUT2D eigenvalue weighted by Gasteiger charge is 2.14. The molecule has 0 spiro atoms. The van der Waals surface area contributed by atoms with Crippen LogP contribution in [0.4, 0.5) is 10.1 Å². The number of non-ortho nitro benzene ring substituents is 1. The summed E-state index contributed by atoms with van der Waals surface area (Å²) in [6, 6.07) is 3.14. The van der Waals surface area contributed by atoms with Crippen LogP contribution in [0.25, 0.3) is 0 Å². The molecule has 8 heteroatoms. The molecule has 1 heterocycles. The van der Waals surface area contributed by atoms with E-state index >= 15 is 0 Å². The third-order valence-electron chi connectivity index (χ3n) is 2.48. The van der Waals surface area contributed by atoms with E-state index in [0.29, 0.717) is 5.82 Å². The van der Waals surface area contributed by atoms with Crippen molar-refractivity contribution in [3.8, 4) is 5.75 Å². The average molecular weight is 281 g/mol. The largest absolute Gasteiger partial charge is 0.481 e. The third kappa shape index (κ3) is 3.08. The number of aromatic nitrogens is 2. The number of nitro groups is 1. The van der Waals surface area contributed by atoms with Crippen molar-refractivity contribution in [2.24, 2.45) is 0 Å². The van der Waals surface area contributed by atoms with Gasteiger partial charge in [-0.15, -0.1) is 0 Å². The zero-order chi connectivity index (χ0) is 14.7. The summed E-state index contributed by atoms with van der Waals surface area (Å²) in [5.74, 6) is -0.0643. The van der Waals surface area contributed by atoms with Gasteiger partial charge in [-0.1, -0.05) is 19.0 Å². The zero-order valence-electron chi connectivity index (χ0n) is 10.9. The molecule has 0 aliphatic rings. The molecule has 1 aromatic carbocycles. The van der Waals surface area contributed by atoms with Crippen LogP contribution in [-0.2, 0) is 6.61 Å². The Hall–Kier alpha value is -2.51. The van der Waals surface area contributed by atoms with Gasteiger partial charge in [0.1, 0.15) is 0 Å². The van der Waals surface area contributed by atoms with E-state index in [1.165, 1.54) is 6.07 Å². The molecular formula is C12H12FN3O4. The number of halogens is 1. The molecule has 0 fully saturated rings. The van der Waals surface area contributed by atoms with Crippen molar-refractivity contribution in [1.29, 1.82) is 0 Å². The highest BCUT2D eigenvalue weighted by Crippen LogP contribution is 2.23. The minimum absolute atomic E-state index is 0.103. The molecule has 2 aromatic rings. The second-order valence-electron chi connectivity index (χ2n) is 4.36. The summed E-state index contributed by atoms with van der Waals surface area (Å²) >= 11 is 0. The van der Waals surface area contributed by atoms with Crippen LogP contribution in [0.5, 0.6) is 5.75 Å². The molecule has 0 unspecified atom stereocenters. The molecule has 2 rings (SSSR count). The first-order valence-electron chi connectivity index (χ1n) is 5.86. The van der Waals surface area contributed by atoms with Gasteiger partial charge in [0, 0.05) is 12.0 Å². The van der Waals surface area contributed by atoms with Gasteiger partial charge in [0.15, 0.2) is 24.0 Å². The van der Waals surface area contributed by atoms with Crippen LogP contribution in [-0.4, -0.2) is 15.1 Å². The van der Waals surface area contributed by atoms with Crippen LogP contribution >= 0.6 is 0 Å². The molecule has 0 bridgehead atoms. The van der Waals surface area contributed by atoms with Gasteiger partial charge < -0.3 is 9.26 Å². The van der Waals surface area contributed by atoms with Crippen molar-refractivity contribution >= 4 is 5.69 Å². The van der Waals surface area contributed by atoms with Gasteiger partial charge in [-0.2, -0.15) is 4.98 Å². The summed E-state index contributed by atoms with van der Waals surface area (Å²) in [6.07, 6.45) is 0. The summed E-state index contributed by atoms with van der Waals surface area (Å²) in [7, 11) is 0. The van der Waals surface area contributed by atoms with E-state index in [1.54, 1.807) is 0 Å². The summed E-state index contributed by atoms with van der Waals surface area (Å²) in [5, 5.41) is 14.2. The highest BCUT2D eigenvalue weighted by atomic mass is 19.1. The second-order valence-corrected chi connectivity index (χ2v) is 4.36. The minimum Gasteiger partial charge on any atom is -0.481 e. The molecule has 0 N–H and O–H groups in total. The molecule has 0 radical (unpaired) electrons. The third-order valence-corrected chi connectivity index (χ3v) is 2.48. The SMILES string of the molecule is CC(C)c1noc(COc2ccc([N+](=O)[O-])cc2F)n1. The molecule has 0 amide bonds. The lowest BCUT2D eigenvalue weighted by molar-refractivity contribution is -0.385. The van der Waals surface area contributed by atoms with Crippen LogP contribution in [0.3, 0.4) is 0 Å². The summed E-state index contributed by atoms with van der Waals surface area (Å²) in [5.41, 5.74) is -0.338.